The van der Waals surface area contributed by atoms with Gasteiger partial charge in [0, 0.05) is 11.9 Å². The van der Waals surface area contributed by atoms with Crippen LogP contribution in [0.3, 0.4) is 0 Å². The van der Waals surface area contributed by atoms with E-state index in [0.29, 0.717) is 12.3 Å². The van der Waals surface area contributed by atoms with Crippen molar-refractivity contribution in [1.29, 1.82) is 0 Å². The van der Waals surface area contributed by atoms with Crippen molar-refractivity contribution < 1.29 is 9.21 Å². The molecule has 0 aliphatic carbocycles. The summed E-state index contributed by atoms with van der Waals surface area (Å²) < 4.78 is 5.50. The summed E-state index contributed by atoms with van der Waals surface area (Å²) in [6.45, 7) is 1.42. The molecule has 0 saturated heterocycles. The Morgan fingerprint density at radius 2 is 1.95 bits per heavy atom. The van der Waals surface area contributed by atoms with Crippen LogP contribution in [-0.4, -0.2) is 19.0 Å². The maximum atomic E-state index is 11.9. The molecule has 4 nitrogen and oxygen atoms in total. The molecule has 1 amide bonds. The zero-order valence-electron chi connectivity index (χ0n) is 11.0. The average Bonchev–Trinajstić information content (AvgIpc) is 2.86. The molecule has 0 saturated carbocycles. The van der Waals surface area contributed by atoms with Crippen LogP contribution >= 0.6 is 0 Å². The van der Waals surface area contributed by atoms with E-state index in [0.717, 1.165) is 43.2 Å². The van der Waals surface area contributed by atoms with E-state index in [9.17, 15) is 4.79 Å². The molecule has 0 aliphatic rings. The molecule has 0 unspecified atom stereocenters. The Kier molecular flexibility index (Phi) is 4.98. The van der Waals surface area contributed by atoms with E-state index in [1.807, 2.05) is 24.3 Å². The maximum absolute atomic E-state index is 11.9. The topological polar surface area (TPSA) is 68.3 Å². The zero-order valence-corrected chi connectivity index (χ0v) is 11.0. The molecule has 2 rings (SSSR count). The quantitative estimate of drug-likeness (QED) is 0.752. The highest BCUT2D eigenvalue weighted by atomic mass is 16.3. The van der Waals surface area contributed by atoms with E-state index >= 15 is 0 Å². The molecule has 0 bridgehead atoms. The predicted molar refractivity (Wildman–Crippen MR) is 76.1 cm³/mol. The fraction of sp³-hybridized carbons (Fsp3) is 0.400. The van der Waals surface area contributed by atoms with Gasteiger partial charge in [-0.15, -0.1) is 0 Å². The first-order valence-corrected chi connectivity index (χ1v) is 6.78. The third-order valence-corrected chi connectivity index (χ3v) is 3.07. The van der Waals surface area contributed by atoms with Crippen molar-refractivity contribution in [2.24, 2.45) is 5.73 Å². The Morgan fingerprint density at radius 3 is 2.74 bits per heavy atom. The predicted octanol–water partition coefficient (Wildman–Crippen LogP) is 2.68. The van der Waals surface area contributed by atoms with E-state index in [1.165, 1.54) is 0 Å². The minimum absolute atomic E-state index is 0.143. The Bertz CT molecular complexity index is 501. The molecule has 1 aromatic heterocycles. The Labute approximate surface area is 113 Å². The number of fused-ring (bicyclic) bond motifs is 1. The van der Waals surface area contributed by atoms with Gasteiger partial charge in [-0.2, -0.15) is 0 Å². The van der Waals surface area contributed by atoms with E-state index in [1.54, 1.807) is 6.07 Å². The van der Waals surface area contributed by atoms with Crippen LogP contribution in [0.1, 0.15) is 36.2 Å². The van der Waals surface area contributed by atoms with Crippen LogP contribution in [0.2, 0.25) is 0 Å². The van der Waals surface area contributed by atoms with Gasteiger partial charge >= 0.3 is 0 Å². The van der Waals surface area contributed by atoms with Crippen molar-refractivity contribution >= 4 is 16.9 Å². The Balaban J connectivity index is 1.79. The van der Waals surface area contributed by atoms with Crippen molar-refractivity contribution in [3.05, 3.63) is 36.1 Å². The van der Waals surface area contributed by atoms with Gasteiger partial charge < -0.3 is 15.5 Å². The number of carbonyl (C=O) groups is 1. The highest BCUT2D eigenvalue weighted by Gasteiger charge is 2.10. The van der Waals surface area contributed by atoms with Gasteiger partial charge in [-0.25, -0.2) is 0 Å². The SMILES string of the molecule is NCCCCCCNC(=O)c1cc2ccccc2o1. The molecule has 2 aromatic rings. The third-order valence-electron chi connectivity index (χ3n) is 3.07. The van der Waals surface area contributed by atoms with Gasteiger partial charge in [-0.05, 0) is 31.5 Å². The van der Waals surface area contributed by atoms with Crippen LogP contribution in [0.4, 0.5) is 0 Å². The molecule has 3 N–H and O–H groups in total. The van der Waals surface area contributed by atoms with Gasteiger partial charge in [0.05, 0.1) is 0 Å². The second kappa shape index (κ2) is 6.95. The molecule has 1 heterocycles. The lowest BCUT2D eigenvalue weighted by atomic mass is 10.2. The van der Waals surface area contributed by atoms with Crippen molar-refractivity contribution in [1.82, 2.24) is 5.32 Å². The monoisotopic (exact) mass is 260 g/mol. The number of unbranched alkanes of at least 4 members (excludes halogenated alkanes) is 3. The van der Waals surface area contributed by atoms with Crippen LogP contribution in [0, 0.1) is 0 Å². The van der Waals surface area contributed by atoms with E-state index < -0.39 is 0 Å². The van der Waals surface area contributed by atoms with Gasteiger partial charge in [-0.1, -0.05) is 31.0 Å². The first-order chi connectivity index (χ1) is 9.31. The highest BCUT2D eigenvalue weighted by Crippen LogP contribution is 2.18. The lowest BCUT2D eigenvalue weighted by Gasteiger charge is -2.02. The number of rotatable bonds is 7. The number of hydrogen-bond acceptors (Lipinski definition) is 3. The van der Waals surface area contributed by atoms with Crippen LogP contribution < -0.4 is 11.1 Å². The average molecular weight is 260 g/mol. The number of benzene rings is 1. The second-order valence-corrected chi connectivity index (χ2v) is 4.61. The Hall–Kier alpha value is -1.81. The van der Waals surface area contributed by atoms with E-state index in [2.05, 4.69) is 5.32 Å². The second-order valence-electron chi connectivity index (χ2n) is 4.61. The van der Waals surface area contributed by atoms with Gasteiger partial charge in [0.1, 0.15) is 5.58 Å². The van der Waals surface area contributed by atoms with E-state index in [4.69, 9.17) is 10.2 Å². The van der Waals surface area contributed by atoms with Crippen molar-refractivity contribution in [3.8, 4) is 0 Å². The van der Waals surface area contributed by atoms with Crippen molar-refractivity contribution in [3.63, 3.8) is 0 Å². The first-order valence-electron chi connectivity index (χ1n) is 6.78. The first kappa shape index (κ1) is 13.6. The number of para-hydroxylation sites is 1. The third kappa shape index (κ3) is 3.83. The Morgan fingerprint density at radius 1 is 1.16 bits per heavy atom. The lowest BCUT2D eigenvalue weighted by Crippen LogP contribution is -2.23. The molecule has 19 heavy (non-hydrogen) atoms. The molecule has 0 radical (unpaired) electrons. The fourth-order valence-electron chi connectivity index (χ4n) is 2.01. The number of hydrogen-bond donors (Lipinski definition) is 2. The van der Waals surface area contributed by atoms with Gasteiger partial charge in [0.25, 0.3) is 5.91 Å². The minimum Gasteiger partial charge on any atom is -0.451 e. The molecule has 0 atom stereocenters. The van der Waals surface area contributed by atoms with Gasteiger partial charge in [0.2, 0.25) is 0 Å². The smallest absolute Gasteiger partial charge is 0.287 e. The number of furan rings is 1. The molecular weight excluding hydrogens is 240 g/mol. The van der Waals surface area contributed by atoms with Crippen LogP contribution in [-0.2, 0) is 0 Å². The largest absolute Gasteiger partial charge is 0.451 e. The summed E-state index contributed by atoms with van der Waals surface area (Å²) in [5.41, 5.74) is 6.17. The summed E-state index contributed by atoms with van der Waals surface area (Å²) >= 11 is 0. The van der Waals surface area contributed by atoms with Gasteiger partial charge in [0.15, 0.2) is 5.76 Å². The molecule has 0 fully saturated rings. The highest BCUT2D eigenvalue weighted by molar-refractivity contribution is 5.95. The summed E-state index contributed by atoms with van der Waals surface area (Å²) in [6.07, 6.45) is 4.25. The molecule has 102 valence electrons. The fourth-order valence-corrected chi connectivity index (χ4v) is 2.01. The number of amides is 1. The van der Waals surface area contributed by atoms with Crippen LogP contribution in [0.25, 0.3) is 11.0 Å². The standard InChI is InChI=1S/C15H20N2O2/c16-9-5-1-2-6-10-17-15(18)14-11-12-7-3-4-8-13(12)19-14/h3-4,7-8,11H,1-2,5-6,9-10,16H2,(H,17,18). The summed E-state index contributed by atoms with van der Waals surface area (Å²) in [5.74, 6) is 0.234. The number of nitrogens with two attached hydrogens (primary N) is 1. The summed E-state index contributed by atoms with van der Waals surface area (Å²) in [5, 5.41) is 3.83. The zero-order chi connectivity index (χ0) is 13.5. The molecule has 4 heteroatoms. The number of nitrogens with one attached hydrogen (secondary N) is 1. The molecular formula is C15H20N2O2. The molecule has 1 aromatic carbocycles. The van der Waals surface area contributed by atoms with Crippen LogP contribution in [0.5, 0.6) is 0 Å². The van der Waals surface area contributed by atoms with Gasteiger partial charge in [-0.3, -0.25) is 4.79 Å². The van der Waals surface area contributed by atoms with Crippen LogP contribution in [0.15, 0.2) is 34.7 Å². The van der Waals surface area contributed by atoms with Crippen molar-refractivity contribution in [2.75, 3.05) is 13.1 Å². The maximum Gasteiger partial charge on any atom is 0.287 e. The summed E-state index contributed by atoms with van der Waals surface area (Å²) in [4.78, 5) is 11.9. The van der Waals surface area contributed by atoms with E-state index in [-0.39, 0.29) is 5.91 Å². The summed E-state index contributed by atoms with van der Waals surface area (Å²) in [6, 6.07) is 9.39. The number of carbonyl (C=O) groups excluding carboxylic acids is 1. The lowest BCUT2D eigenvalue weighted by molar-refractivity contribution is 0.0927. The van der Waals surface area contributed by atoms with Crippen molar-refractivity contribution in [2.45, 2.75) is 25.7 Å². The molecule has 0 spiro atoms. The minimum atomic E-state index is -0.143. The molecule has 0 aliphatic heterocycles. The normalized spacial score (nSPS) is 10.8. The summed E-state index contributed by atoms with van der Waals surface area (Å²) in [7, 11) is 0.